The number of carbonyl (C=O) groups is 3. The molecule has 3 N–H and O–H groups in total. The van der Waals surface area contributed by atoms with E-state index in [-0.39, 0.29) is 17.7 Å². The van der Waals surface area contributed by atoms with Crippen LogP contribution in [0, 0.1) is 11.6 Å². The highest BCUT2D eigenvalue weighted by atomic mass is 32.2. The minimum absolute atomic E-state index is 0.0966. The third-order valence-corrected chi connectivity index (χ3v) is 7.09. The van der Waals surface area contributed by atoms with E-state index in [1.807, 2.05) is 26.8 Å². The molecule has 1 fully saturated rings. The summed E-state index contributed by atoms with van der Waals surface area (Å²) in [5.41, 5.74) is 1.14. The Labute approximate surface area is 251 Å². The first-order valence-corrected chi connectivity index (χ1v) is 15.1. The largest absolute Gasteiger partial charge is 0.483 e. The number of hydrogen-bond donors (Lipinski definition) is 3. The third-order valence-electron chi connectivity index (χ3n) is 6.11. The molecule has 1 aromatic carbocycles. The molecule has 9 nitrogen and oxygen atoms in total. The Hall–Kier alpha value is -3.51. The molecule has 42 heavy (non-hydrogen) atoms. The maximum absolute atomic E-state index is 15.0. The van der Waals surface area contributed by atoms with Gasteiger partial charge in [0.25, 0.3) is 6.47 Å². The van der Waals surface area contributed by atoms with Gasteiger partial charge in [-0.1, -0.05) is 46.1 Å². The number of piperazine rings is 1. The average Bonchev–Trinajstić information content (AvgIpc) is 3.43. The fraction of sp³-hybridized carbons (Fsp3) is 0.467. The van der Waals surface area contributed by atoms with Crippen LogP contribution >= 0.6 is 11.9 Å². The highest BCUT2D eigenvalue weighted by molar-refractivity contribution is 8.00. The molecular formula is C30H43F2N5O4S. The van der Waals surface area contributed by atoms with E-state index in [0.29, 0.717) is 11.0 Å². The van der Waals surface area contributed by atoms with Gasteiger partial charge in [0, 0.05) is 55.5 Å². The lowest BCUT2D eigenvalue weighted by Crippen LogP contribution is -2.44. The van der Waals surface area contributed by atoms with Gasteiger partial charge in [-0.3, -0.25) is 9.59 Å². The number of likely N-dealkylation sites (N-methyl/N-ethyl adjacent to an activating group) is 1. The second-order valence-corrected chi connectivity index (χ2v) is 9.96. The number of nitrogens with one attached hydrogen (secondary N) is 2. The van der Waals surface area contributed by atoms with Crippen molar-refractivity contribution in [3.05, 3.63) is 53.4 Å². The Morgan fingerprint density at radius 1 is 1.14 bits per heavy atom. The summed E-state index contributed by atoms with van der Waals surface area (Å²) in [6, 6.07) is 4.30. The maximum Gasteiger partial charge on any atom is 0.290 e. The maximum atomic E-state index is 15.0. The molecule has 1 aliphatic rings. The smallest absolute Gasteiger partial charge is 0.290 e. The number of H-pyrrole nitrogens is 1. The SMILES string of the molecule is CC.CCCCC=O.CCCSNc1ccc(F)c(C(=O)c2c[nH]c3ncc(N4CCN(C)CC4)cc23)c1F.O=CO. The normalized spacial score (nSPS) is 12.6. The topological polar surface area (TPSA) is 119 Å². The zero-order valence-electron chi connectivity index (χ0n) is 25.1. The van der Waals surface area contributed by atoms with Gasteiger partial charge in [-0.15, -0.1) is 0 Å². The molecule has 0 spiro atoms. The van der Waals surface area contributed by atoms with Crippen LogP contribution in [0.1, 0.15) is 69.3 Å². The van der Waals surface area contributed by atoms with Gasteiger partial charge in [-0.2, -0.15) is 0 Å². The molecule has 232 valence electrons. The van der Waals surface area contributed by atoms with Gasteiger partial charge in [-0.25, -0.2) is 13.8 Å². The number of fused-ring (bicyclic) bond motifs is 1. The Bertz CT molecular complexity index is 1250. The van der Waals surface area contributed by atoms with E-state index in [0.717, 1.165) is 75.7 Å². The molecule has 0 radical (unpaired) electrons. The van der Waals surface area contributed by atoms with Crippen molar-refractivity contribution < 1.29 is 28.3 Å². The summed E-state index contributed by atoms with van der Waals surface area (Å²) < 4.78 is 32.4. The fourth-order valence-electron chi connectivity index (χ4n) is 3.91. The zero-order valence-corrected chi connectivity index (χ0v) is 25.9. The van der Waals surface area contributed by atoms with Gasteiger partial charge in [0.05, 0.1) is 23.1 Å². The van der Waals surface area contributed by atoms with Crippen molar-refractivity contribution >= 4 is 52.9 Å². The summed E-state index contributed by atoms with van der Waals surface area (Å²) in [6.45, 7) is 11.4. The summed E-state index contributed by atoms with van der Waals surface area (Å²) >= 11 is 1.32. The van der Waals surface area contributed by atoms with E-state index >= 15 is 4.39 Å². The lowest BCUT2D eigenvalue weighted by Gasteiger charge is -2.33. The molecule has 12 heteroatoms. The Kier molecular flexibility index (Phi) is 17.7. The highest BCUT2D eigenvalue weighted by Gasteiger charge is 2.25. The summed E-state index contributed by atoms with van der Waals surface area (Å²) in [7, 11) is 2.08. The molecule has 0 saturated carbocycles. The Morgan fingerprint density at radius 3 is 2.38 bits per heavy atom. The number of halogens is 2. The minimum atomic E-state index is -0.883. The number of ketones is 1. The molecule has 1 aliphatic heterocycles. The van der Waals surface area contributed by atoms with Gasteiger partial charge in [0.15, 0.2) is 5.82 Å². The van der Waals surface area contributed by atoms with E-state index in [9.17, 15) is 14.0 Å². The number of aromatic nitrogens is 2. The van der Waals surface area contributed by atoms with Crippen LogP contribution in [-0.4, -0.2) is 77.5 Å². The molecule has 1 saturated heterocycles. The van der Waals surface area contributed by atoms with Gasteiger partial charge < -0.3 is 29.4 Å². The first-order chi connectivity index (χ1) is 20.3. The van der Waals surface area contributed by atoms with Crippen LogP contribution in [0.5, 0.6) is 0 Å². The summed E-state index contributed by atoms with van der Waals surface area (Å²) in [5, 5.41) is 7.44. The van der Waals surface area contributed by atoms with Crippen LogP contribution in [0.2, 0.25) is 0 Å². The molecule has 2 aromatic heterocycles. The second kappa shape index (κ2) is 20.4. The molecule has 0 unspecified atom stereocenters. The van der Waals surface area contributed by atoms with Crippen molar-refractivity contribution in [3.8, 4) is 0 Å². The van der Waals surface area contributed by atoms with Crippen molar-refractivity contribution in [2.75, 3.05) is 48.6 Å². The lowest BCUT2D eigenvalue weighted by molar-refractivity contribution is -0.122. The van der Waals surface area contributed by atoms with Crippen LogP contribution in [0.3, 0.4) is 0 Å². The van der Waals surface area contributed by atoms with Crippen molar-refractivity contribution in [1.29, 1.82) is 0 Å². The quantitative estimate of drug-likeness (QED) is 0.104. The number of hydrogen-bond acceptors (Lipinski definition) is 8. The number of aldehydes is 1. The monoisotopic (exact) mass is 607 g/mol. The average molecular weight is 608 g/mol. The summed E-state index contributed by atoms with van der Waals surface area (Å²) in [6.07, 6.45) is 8.00. The highest BCUT2D eigenvalue weighted by Crippen LogP contribution is 2.29. The number of aromatic amines is 1. The van der Waals surface area contributed by atoms with Gasteiger partial charge in [0.1, 0.15) is 17.8 Å². The van der Waals surface area contributed by atoms with Crippen molar-refractivity contribution in [3.63, 3.8) is 0 Å². The predicted octanol–water partition coefficient (Wildman–Crippen LogP) is 6.40. The standard InChI is InChI=1S/C22H25F2N5OS.C5H10O.C2H6.CH2O2/c1-3-10-31-27-18-5-4-17(23)19(20(18)24)21(30)16-13-26-22-15(16)11-14(12-25-22)29-8-6-28(2)7-9-29;1-2-3-4-5-6;1-2;2-1-3/h4-5,11-13,27H,3,6-10H2,1-2H3,(H,25,26);5H,2-4H2,1H3;1-2H3;1H,(H,2,3). The van der Waals surface area contributed by atoms with Crippen molar-refractivity contribution in [2.24, 2.45) is 0 Å². The van der Waals surface area contributed by atoms with Crippen molar-refractivity contribution in [1.82, 2.24) is 14.9 Å². The lowest BCUT2D eigenvalue weighted by atomic mass is 10.0. The van der Waals surface area contributed by atoms with Gasteiger partial charge in [0.2, 0.25) is 5.78 Å². The number of rotatable bonds is 10. The second-order valence-electron chi connectivity index (χ2n) is 9.06. The van der Waals surface area contributed by atoms with Crippen LogP contribution in [-0.2, 0) is 9.59 Å². The Morgan fingerprint density at radius 2 is 1.81 bits per heavy atom. The number of carboxylic acid groups (broad SMARTS) is 1. The molecule has 0 atom stereocenters. The molecular weight excluding hydrogens is 564 g/mol. The summed E-state index contributed by atoms with van der Waals surface area (Å²) in [5.74, 6) is -1.71. The van der Waals surface area contributed by atoms with Gasteiger partial charge >= 0.3 is 0 Å². The van der Waals surface area contributed by atoms with Gasteiger partial charge in [-0.05, 0) is 38.1 Å². The van der Waals surface area contributed by atoms with E-state index < -0.39 is 23.0 Å². The van der Waals surface area contributed by atoms with Crippen LogP contribution in [0.25, 0.3) is 11.0 Å². The van der Waals surface area contributed by atoms with Crippen molar-refractivity contribution in [2.45, 2.75) is 53.4 Å². The minimum Gasteiger partial charge on any atom is -0.483 e. The number of carbonyl (C=O) groups excluding carboxylic acids is 2. The van der Waals surface area contributed by atoms with E-state index in [1.54, 1.807) is 6.20 Å². The fourth-order valence-corrected chi connectivity index (χ4v) is 4.53. The van der Waals surface area contributed by atoms with Crippen LogP contribution < -0.4 is 9.62 Å². The number of anilines is 2. The van der Waals surface area contributed by atoms with Crippen LogP contribution in [0.4, 0.5) is 20.2 Å². The molecule has 4 rings (SSSR count). The summed E-state index contributed by atoms with van der Waals surface area (Å²) in [4.78, 5) is 42.9. The van der Waals surface area contributed by atoms with E-state index in [4.69, 9.17) is 9.90 Å². The number of nitrogens with zero attached hydrogens (tertiary/aromatic N) is 3. The van der Waals surface area contributed by atoms with E-state index in [2.05, 4.69) is 38.5 Å². The predicted molar refractivity (Wildman–Crippen MR) is 168 cm³/mol. The first-order valence-electron chi connectivity index (χ1n) is 14.1. The molecule has 0 bridgehead atoms. The molecule has 3 heterocycles. The first kappa shape index (κ1) is 36.5. The number of pyridine rings is 1. The molecule has 3 aromatic rings. The molecule has 0 amide bonds. The van der Waals surface area contributed by atoms with E-state index in [1.165, 1.54) is 24.2 Å². The number of unbranched alkanes of at least 4 members (excludes halogenated alkanes) is 2. The zero-order chi connectivity index (χ0) is 31.5. The third kappa shape index (κ3) is 10.7. The van der Waals surface area contributed by atoms with Crippen LogP contribution in [0.15, 0.2) is 30.6 Å². The number of benzene rings is 1. The molecule has 0 aliphatic carbocycles. The Balaban J connectivity index is 0.000000694.